The van der Waals surface area contributed by atoms with Crippen LogP contribution in [0.2, 0.25) is 0 Å². The van der Waals surface area contributed by atoms with Crippen LogP contribution in [0.1, 0.15) is 16.1 Å². The molecule has 1 amide bonds. The summed E-state index contributed by atoms with van der Waals surface area (Å²) in [7, 11) is 0. The average Bonchev–Trinajstić information content (AvgIpc) is 3.63. The summed E-state index contributed by atoms with van der Waals surface area (Å²) in [6.07, 6.45) is 1.68. The second kappa shape index (κ2) is 11.9. The minimum atomic E-state index is -5.08. The van der Waals surface area contributed by atoms with Gasteiger partial charge in [-0.3, -0.25) is 14.2 Å². The maximum atomic E-state index is 13.6. The summed E-state index contributed by atoms with van der Waals surface area (Å²) in [5, 5.41) is 11.5. The Morgan fingerprint density at radius 1 is 0.884 bits per heavy atom. The zero-order chi connectivity index (χ0) is 30.7. The molecule has 14 heteroatoms. The third kappa shape index (κ3) is 6.32. The first-order valence-corrected chi connectivity index (χ1v) is 13.1. The predicted molar refractivity (Wildman–Crippen MR) is 148 cm³/mol. The maximum Gasteiger partial charge on any atom is 0.490 e. The van der Waals surface area contributed by atoms with Crippen LogP contribution in [0.15, 0.2) is 79.4 Å². The van der Waals surface area contributed by atoms with E-state index in [0.29, 0.717) is 41.5 Å². The molecule has 0 atom stereocenters. The first kappa shape index (κ1) is 29.2. The fourth-order valence-electron chi connectivity index (χ4n) is 4.61. The standard InChI is InChI=1S/C27H24FN7O.C2HF3O2/c1-19-2-6-21(7-3-19)32-14-16-33(17-15-32)27(36)25-24-18-29-12-13-34(24)26(31-25)23-10-11-30-35(23)22-8-4-20(28)5-9-22;3-2(4,5)1(6)7/h2-13,18H,14-17H2,1H3;(H,6,7). The second-order valence-corrected chi connectivity index (χ2v) is 9.64. The number of aryl methyl sites for hydroxylation is 1. The summed E-state index contributed by atoms with van der Waals surface area (Å²) >= 11 is 0. The van der Waals surface area contributed by atoms with E-state index in [1.807, 2.05) is 15.4 Å². The van der Waals surface area contributed by atoms with E-state index in [0.717, 1.165) is 13.1 Å². The number of benzene rings is 2. The Hall–Kier alpha value is -5.27. The Kier molecular flexibility index (Phi) is 8.10. The van der Waals surface area contributed by atoms with Crippen molar-refractivity contribution >= 4 is 23.1 Å². The van der Waals surface area contributed by atoms with E-state index in [-0.39, 0.29) is 11.7 Å². The molecule has 0 aliphatic carbocycles. The van der Waals surface area contributed by atoms with Crippen molar-refractivity contribution in [3.05, 3.63) is 96.5 Å². The monoisotopic (exact) mass is 595 g/mol. The zero-order valence-electron chi connectivity index (χ0n) is 22.7. The average molecular weight is 596 g/mol. The van der Waals surface area contributed by atoms with Gasteiger partial charge in [0.25, 0.3) is 5.91 Å². The third-order valence-corrected chi connectivity index (χ3v) is 6.80. The van der Waals surface area contributed by atoms with Crippen molar-refractivity contribution in [3.8, 4) is 17.2 Å². The third-order valence-electron chi connectivity index (χ3n) is 6.80. The zero-order valence-corrected chi connectivity index (χ0v) is 22.7. The highest BCUT2D eigenvalue weighted by molar-refractivity contribution is 6.00. The van der Waals surface area contributed by atoms with Gasteiger partial charge < -0.3 is 14.9 Å². The van der Waals surface area contributed by atoms with Gasteiger partial charge in [-0.2, -0.15) is 18.3 Å². The normalized spacial score (nSPS) is 13.5. The Labute approximate surface area is 242 Å². The van der Waals surface area contributed by atoms with Crippen LogP contribution in [-0.4, -0.2) is 78.4 Å². The molecule has 5 aromatic rings. The Bertz CT molecular complexity index is 1740. The minimum absolute atomic E-state index is 0.122. The number of alkyl halides is 3. The highest BCUT2D eigenvalue weighted by Crippen LogP contribution is 2.26. The van der Waals surface area contributed by atoms with Crippen LogP contribution >= 0.6 is 0 Å². The van der Waals surface area contributed by atoms with Crippen molar-refractivity contribution in [3.63, 3.8) is 0 Å². The molecule has 0 unspecified atom stereocenters. The van der Waals surface area contributed by atoms with Crippen LogP contribution in [0.4, 0.5) is 23.2 Å². The van der Waals surface area contributed by atoms with Crippen LogP contribution < -0.4 is 4.90 Å². The number of aromatic nitrogens is 5. The van der Waals surface area contributed by atoms with Crippen LogP contribution in [-0.2, 0) is 4.79 Å². The molecule has 43 heavy (non-hydrogen) atoms. The molecule has 1 N–H and O–H groups in total. The minimum Gasteiger partial charge on any atom is -0.475 e. The molecule has 4 heterocycles. The van der Waals surface area contributed by atoms with Crippen molar-refractivity contribution in [2.24, 2.45) is 0 Å². The number of aliphatic carboxylic acids is 1. The highest BCUT2D eigenvalue weighted by atomic mass is 19.4. The molecule has 10 nitrogen and oxygen atoms in total. The van der Waals surface area contributed by atoms with Crippen molar-refractivity contribution in [1.82, 2.24) is 29.0 Å². The van der Waals surface area contributed by atoms with E-state index in [4.69, 9.17) is 14.9 Å². The predicted octanol–water partition coefficient (Wildman–Crippen LogP) is 4.63. The molecule has 3 aromatic heterocycles. The number of anilines is 1. The van der Waals surface area contributed by atoms with Crippen LogP contribution in [0, 0.1) is 12.7 Å². The van der Waals surface area contributed by atoms with Gasteiger partial charge in [-0.05, 0) is 49.4 Å². The van der Waals surface area contributed by atoms with E-state index < -0.39 is 12.1 Å². The van der Waals surface area contributed by atoms with E-state index in [2.05, 4.69) is 46.2 Å². The van der Waals surface area contributed by atoms with E-state index in [9.17, 15) is 22.4 Å². The second-order valence-electron chi connectivity index (χ2n) is 9.64. The molecule has 1 aliphatic rings. The molecule has 6 rings (SSSR count). The summed E-state index contributed by atoms with van der Waals surface area (Å²) < 4.78 is 48.7. The van der Waals surface area contributed by atoms with Crippen molar-refractivity contribution in [2.45, 2.75) is 13.1 Å². The number of halogens is 4. The fraction of sp³-hybridized carbons (Fsp3) is 0.207. The molecule has 2 aromatic carbocycles. The van der Waals surface area contributed by atoms with Crippen molar-refractivity contribution in [1.29, 1.82) is 0 Å². The number of hydrogen-bond acceptors (Lipinski definition) is 6. The fourth-order valence-corrected chi connectivity index (χ4v) is 4.61. The lowest BCUT2D eigenvalue weighted by molar-refractivity contribution is -0.192. The van der Waals surface area contributed by atoms with Crippen LogP contribution in [0.3, 0.4) is 0 Å². The molecule has 1 aliphatic heterocycles. The number of amides is 1. The number of fused-ring (bicyclic) bond motifs is 1. The molecule has 1 saturated heterocycles. The number of rotatable bonds is 4. The topological polar surface area (TPSA) is 109 Å². The Balaban J connectivity index is 0.000000472. The maximum absolute atomic E-state index is 13.6. The summed E-state index contributed by atoms with van der Waals surface area (Å²) in [6.45, 7) is 4.79. The smallest absolute Gasteiger partial charge is 0.475 e. The first-order valence-electron chi connectivity index (χ1n) is 13.1. The largest absolute Gasteiger partial charge is 0.490 e. The van der Waals surface area contributed by atoms with Gasteiger partial charge in [0, 0.05) is 44.3 Å². The van der Waals surface area contributed by atoms with Gasteiger partial charge >= 0.3 is 12.1 Å². The van der Waals surface area contributed by atoms with Crippen molar-refractivity contribution < 1.29 is 32.3 Å². The molecular weight excluding hydrogens is 570 g/mol. The van der Waals surface area contributed by atoms with Gasteiger partial charge in [-0.1, -0.05) is 17.7 Å². The Morgan fingerprint density at radius 2 is 1.51 bits per heavy atom. The molecule has 0 radical (unpaired) electrons. The van der Waals surface area contributed by atoms with E-state index >= 15 is 0 Å². The number of hydrogen-bond donors (Lipinski definition) is 1. The lowest BCUT2D eigenvalue weighted by atomic mass is 10.2. The van der Waals surface area contributed by atoms with Gasteiger partial charge in [-0.15, -0.1) is 0 Å². The Morgan fingerprint density at radius 3 is 2.14 bits per heavy atom. The van der Waals surface area contributed by atoms with Gasteiger partial charge in [0.05, 0.1) is 23.6 Å². The van der Waals surface area contributed by atoms with Gasteiger partial charge in [0.2, 0.25) is 0 Å². The molecule has 222 valence electrons. The van der Waals surface area contributed by atoms with Gasteiger partial charge in [0.15, 0.2) is 11.5 Å². The molecule has 0 bridgehead atoms. The molecule has 1 fully saturated rings. The molecule has 0 spiro atoms. The van der Waals surface area contributed by atoms with Crippen molar-refractivity contribution in [2.75, 3.05) is 31.1 Å². The first-order chi connectivity index (χ1) is 20.5. The quantitative estimate of drug-likeness (QED) is 0.302. The number of carboxylic acid groups (broad SMARTS) is 1. The number of imidazole rings is 1. The molecule has 0 saturated carbocycles. The van der Waals surface area contributed by atoms with E-state index in [1.165, 1.54) is 23.4 Å². The number of carbonyl (C=O) groups is 2. The summed E-state index contributed by atoms with van der Waals surface area (Å²) in [5.41, 5.74) is 4.76. The highest BCUT2D eigenvalue weighted by Gasteiger charge is 2.38. The summed E-state index contributed by atoms with van der Waals surface area (Å²) in [6, 6.07) is 16.4. The number of nitrogens with zero attached hydrogens (tertiary/aromatic N) is 7. The summed E-state index contributed by atoms with van der Waals surface area (Å²) in [4.78, 5) is 35.7. The summed E-state index contributed by atoms with van der Waals surface area (Å²) in [5.74, 6) is -2.63. The number of carbonyl (C=O) groups excluding carboxylic acids is 1. The van der Waals surface area contributed by atoms with Gasteiger partial charge in [0.1, 0.15) is 11.5 Å². The number of carboxylic acids is 1. The lowest BCUT2D eigenvalue weighted by Crippen LogP contribution is -2.49. The SMILES string of the molecule is Cc1ccc(N2CCN(C(=O)c3nc(-c4ccnn4-c4ccc(F)cc4)n4ccncc34)CC2)cc1.O=C(O)C(F)(F)F. The van der Waals surface area contributed by atoms with E-state index in [1.54, 1.807) is 41.6 Å². The number of piperazine rings is 1. The molecular formula is C29H25F4N7O3. The van der Waals surface area contributed by atoms with Crippen LogP contribution in [0.5, 0.6) is 0 Å². The lowest BCUT2D eigenvalue weighted by Gasteiger charge is -2.36. The van der Waals surface area contributed by atoms with Gasteiger partial charge in [-0.25, -0.2) is 18.9 Å². The van der Waals surface area contributed by atoms with Crippen LogP contribution in [0.25, 0.3) is 22.7 Å².